The van der Waals surface area contributed by atoms with Crippen molar-refractivity contribution in [2.45, 2.75) is 45.8 Å². The van der Waals surface area contributed by atoms with Gasteiger partial charge in [-0.3, -0.25) is 9.59 Å². The highest BCUT2D eigenvalue weighted by Crippen LogP contribution is 2.22. The molecule has 1 fully saturated rings. The number of carbonyl (C=O) groups excluding carboxylic acids is 2. The maximum atomic E-state index is 12.7. The van der Waals surface area contributed by atoms with Gasteiger partial charge in [0.25, 0.3) is 0 Å². The largest absolute Gasteiger partial charge is 0.457 e. The lowest BCUT2D eigenvalue weighted by atomic mass is 10.0. The molecule has 1 saturated heterocycles. The fourth-order valence-electron chi connectivity index (χ4n) is 4.23. The van der Waals surface area contributed by atoms with Gasteiger partial charge in [-0.25, -0.2) is 0 Å². The van der Waals surface area contributed by atoms with Gasteiger partial charge in [-0.15, -0.1) is 0 Å². The van der Waals surface area contributed by atoms with Crippen molar-refractivity contribution in [2.75, 3.05) is 13.2 Å². The lowest BCUT2D eigenvalue weighted by Crippen LogP contribution is -2.18. The molecular weight excluding hydrogens is 378 g/mol. The molecule has 0 amide bonds. The zero-order valence-corrected chi connectivity index (χ0v) is 17.5. The molecule has 5 heteroatoms. The van der Waals surface area contributed by atoms with Crippen LogP contribution >= 0.6 is 0 Å². The normalized spacial score (nSPS) is 16.1. The Hall–Kier alpha value is -2.92. The summed E-state index contributed by atoms with van der Waals surface area (Å²) in [5.74, 6) is -0.569. The summed E-state index contributed by atoms with van der Waals surface area (Å²) >= 11 is 0. The number of aromatic nitrogens is 1. The van der Waals surface area contributed by atoms with Gasteiger partial charge in [-0.2, -0.15) is 0 Å². The van der Waals surface area contributed by atoms with E-state index in [1.54, 1.807) is 0 Å². The average molecular weight is 405 g/mol. The smallest absolute Gasteiger partial charge is 0.310 e. The Labute approximate surface area is 176 Å². The topological polar surface area (TPSA) is 57.5 Å². The molecule has 30 heavy (non-hydrogen) atoms. The number of ketones is 1. The number of ether oxygens (including phenoxy) is 2. The van der Waals surface area contributed by atoms with E-state index in [9.17, 15) is 9.59 Å². The standard InChI is InChI=1S/C25H27NO4/c1-17-13-23(18(2)26(17)15-21-10-6-12-29-21)24(27)16-30-25(28)14-20-9-5-8-19-7-3-4-11-22(19)20/h3-5,7-9,11,13,21H,6,10,12,14-16H2,1-2H3/t21-/m0/s1. The second-order valence-corrected chi connectivity index (χ2v) is 7.93. The van der Waals surface area contributed by atoms with E-state index in [0.717, 1.165) is 53.7 Å². The fraction of sp³-hybridized carbons (Fsp3) is 0.360. The van der Waals surface area contributed by atoms with Gasteiger partial charge in [0.1, 0.15) is 0 Å². The zero-order valence-electron chi connectivity index (χ0n) is 17.5. The Bertz CT molecular complexity index is 1070. The van der Waals surface area contributed by atoms with E-state index in [4.69, 9.17) is 9.47 Å². The van der Waals surface area contributed by atoms with Crippen molar-refractivity contribution >= 4 is 22.5 Å². The van der Waals surface area contributed by atoms with Crippen LogP contribution < -0.4 is 0 Å². The van der Waals surface area contributed by atoms with E-state index in [-0.39, 0.29) is 24.9 Å². The predicted octanol–water partition coefficient (Wildman–Crippen LogP) is 4.41. The van der Waals surface area contributed by atoms with Gasteiger partial charge in [0.2, 0.25) is 5.78 Å². The molecule has 156 valence electrons. The highest BCUT2D eigenvalue weighted by Gasteiger charge is 2.21. The zero-order chi connectivity index (χ0) is 21.1. The summed E-state index contributed by atoms with van der Waals surface area (Å²) in [7, 11) is 0. The Balaban J connectivity index is 1.39. The lowest BCUT2D eigenvalue weighted by Gasteiger charge is -2.14. The number of benzene rings is 2. The summed E-state index contributed by atoms with van der Waals surface area (Å²) in [5.41, 5.74) is 3.44. The minimum Gasteiger partial charge on any atom is -0.457 e. The maximum Gasteiger partial charge on any atom is 0.310 e. The number of hydrogen-bond donors (Lipinski definition) is 0. The number of aryl methyl sites for hydroxylation is 1. The number of fused-ring (bicyclic) bond motifs is 1. The van der Waals surface area contributed by atoms with Crippen LogP contribution in [0, 0.1) is 13.8 Å². The molecular formula is C25H27NO4. The van der Waals surface area contributed by atoms with Crippen molar-refractivity contribution in [3.63, 3.8) is 0 Å². The van der Waals surface area contributed by atoms with Gasteiger partial charge in [0.05, 0.1) is 12.5 Å². The van der Waals surface area contributed by atoms with Gasteiger partial charge in [0, 0.05) is 30.1 Å². The molecule has 5 nitrogen and oxygen atoms in total. The first kappa shape index (κ1) is 20.4. The van der Waals surface area contributed by atoms with E-state index in [2.05, 4.69) is 4.57 Å². The number of hydrogen-bond acceptors (Lipinski definition) is 4. The van der Waals surface area contributed by atoms with Crippen molar-refractivity contribution in [2.24, 2.45) is 0 Å². The molecule has 2 heterocycles. The molecule has 0 aliphatic carbocycles. The number of nitrogens with zero attached hydrogens (tertiary/aromatic N) is 1. The molecule has 2 aromatic carbocycles. The molecule has 3 aromatic rings. The first-order valence-electron chi connectivity index (χ1n) is 10.5. The second kappa shape index (κ2) is 8.84. The van der Waals surface area contributed by atoms with Crippen LogP contribution in [0.1, 0.15) is 40.2 Å². The molecule has 0 radical (unpaired) electrons. The van der Waals surface area contributed by atoms with Gasteiger partial charge in [-0.1, -0.05) is 42.5 Å². The van der Waals surface area contributed by atoms with Crippen molar-refractivity contribution in [3.8, 4) is 0 Å². The van der Waals surface area contributed by atoms with E-state index in [1.165, 1.54) is 0 Å². The number of rotatable bonds is 7. The molecule has 1 aromatic heterocycles. The fourth-order valence-corrected chi connectivity index (χ4v) is 4.23. The lowest BCUT2D eigenvalue weighted by molar-refractivity contribution is -0.141. The second-order valence-electron chi connectivity index (χ2n) is 7.93. The predicted molar refractivity (Wildman–Crippen MR) is 116 cm³/mol. The Morgan fingerprint density at radius 2 is 1.93 bits per heavy atom. The highest BCUT2D eigenvalue weighted by atomic mass is 16.5. The van der Waals surface area contributed by atoms with Crippen LogP contribution in [0.25, 0.3) is 10.8 Å². The average Bonchev–Trinajstić information content (AvgIpc) is 3.36. The third-order valence-corrected chi connectivity index (χ3v) is 5.86. The van der Waals surface area contributed by atoms with Crippen molar-refractivity contribution in [3.05, 3.63) is 71.0 Å². The molecule has 1 atom stereocenters. The third-order valence-electron chi connectivity index (χ3n) is 5.86. The Morgan fingerprint density at radius 3 is 2.73 bits per heavy atom. The number of esters is 1. The Morgan fingerprint density at radius 1 is 1.13 bits per heavy atom. The first-order chi connectivity index (χ1) is 14.5. The summed E-state index contributed by atoms with van der Waals surface area (Å²) in [5, 5.41) is 2.11. The number of carbonyl (C=O) groups is 2. The molecule has 0 unspecified atom stereocenters. The van der Waals surface area contributed by atoms with Gasteiger partial charge in [-0.05, 0) is 49.1 Å². The third kappa shape index (κ3) is 4.31. The van der Waals surface area contributed by atoms with Crippen LogP contribution in [0.4, 0.5) is 0 Å². The van der Waals surface area contributed by atoms with E-state index < -0.39 is 5.97 Å². The summed E-state index contributed by atoms with van der Waals surface area (Å²) < 4.78 is 13.2. The van der Waals surface area contributed by atoms with Crippen LogP contribution in [0.5, 0.6) is 0 Å². The SMILES string of the molecule is Cc1cc(C(=O)COC(=O)Cc2cccc3ccccc23)c(C)n1C[C@@H]1CCCO1. The minimum absolute atomic E-state index is 0.146. The van der Waals surface area contributed by atoms with E-state index in [0.29, 0.717) is 5.56 Å². The van der Waals surface area contributed by atoms with Crippen LogP contribution in [0.3, 0.4) is 0 Å². The van der Waals surface area contributed by atoms with Crippen LogP contribution in [-0.2, 0) is 27.2 Å². The van der Waals surface area contributed by atoms with Gasteiger partial charge >= 0.3 is 5.97 Å². The minimum atomic E-state index is -0.395. The van der Waals surface area contributed by atoms with Gasteiger partial charge < -0.3 is 14.0 Å². The van der Waals surface area contributed by atoms with Crippen LogP contribution in [0.15, 0.2) is 48.5 Å². The maximum absolute atomic E-state index is 12.7. The number of Topliss-reactive ketones (excluding diaryl/α,β-unsaturated/α-hetero) is 1. The molecule has 1 aliphatic heterocycles. The summed E-state index contributed by atoms with van der Waals surface area (Å²) in [4.78, 5) is 25.1. The Kier molecular flexibility index (Phi) is 6.00. The summed E-state index contributed by atoms with van der Waals surface area (Å²) in [6.45, 7) is 5.25. The monoisotopic (exact) mass is 405 g/mol. The quantitative estimate of drug-likeness (QED) is 0.432. The molecule has 0 bridgehead atoms. The highest BCUT2D eigenvalue weighted by molar-refractivity contribution is 5.99. The van der Waals surface area contributed by atoms with E-state index in [1.807, 2.05) is 62.4 Å². The molecule has 0 spiro atoms. The molecule has 1 aliphatic rings. The van der Waals surface area contributed by atoms with Crippen LogP contribution in [0.2, 0.25) is 0 Å². The van der Waals surface area contributed by atoms with Gasteiger partial charge in [0.15, 0.2) is 6.61 Å². The molecule has 4 rings (SSSR count). The van der Waals surface area contributed by atoms with Crippen molar-refractivity contribution in [1.29, 1.82) is 0 Å². The summed E-state index contributed by atoms with van der Waals surface area (Å²) in [6.07, 6.45) is 2.48. The van der Waals surface area contributed by atoms with E-state index >= 15 is 0 Å². The summed E-state index contributed by atoms with van der Waals surface area (Å²) in [6, 6.07) is 15.7. The molecule has 0 N–H and O–H groups in total. The van der Waals surface area contributed by atoms with Crippen molar-refractivity contribution in [1.82, 2.24) is 4.57 Å². The van der Waals surface area contributed by atoms with Crippen LogP contribution in [-0.4, -0.2) is 35.6 Å². The first-order valence-corrected chi connectivity index (χ1v) is 10.5. The van der Waals surface area contributed by atoms with Crippen molar-refractivity contribution < 1.29 is 19.1 Å². The molecule has 0 saturated carbocycles.